The van der Waals surface area contributed by atoms with Gasteiger partial charge in [-0.3, -0.25) is 9.59 Å². The quantitative estimate of drug-likeness (QED) is 0.165. The number of carbonyl (C=O) groups excluding carboxylic acids is 1. The first-order valence-electron chi connectivity index (χ1n) is 7.45. The van der Waals surface area contributed by atoms with E-state index in [-0.39, 0.29) is 11.5 Å². The molecule has 9 nitrogen and oxygen atoms in total. The van der Waals surface area contributed by atoms with Crippen LogP contribution in [0.25, 0.3) is 0 Å². The Kier molecular flexibility index (Phi) is 10.2. The summed E-state index contributed by atoms with van der Waals surface area (Å²) in [5.74, 6) is -3.36. The molecule has 0 aliphatic carbocycles. The first-order chi connectivity index (χ1) is 12.8. The molecule has 0 aromatic heterocycles. The van der Waals surface area contributed by atoms with E-state index < -0.39 is 42.4 Å². The van der Waals surface area contributed by atoms with Gasteiger partial charge in [-0.25, -0.2) is 9.18 Å². The van der Waals surface area contributed by atoms with E-state index >= 15 is 0 Å². The van der Waals surface area contributed by atoms with Crippen LogP contribution < -0.4 is 11.1 Å². The minimum absolute atomic E-state index is 0.0108. The van der Waals surface area contributed by atoms with Gasteiger partial charge in [-0.1, -0.05) is 38.9 Å². The number of oxime groups is 1. The standard InChI is InChI=1S/C15H18FN3O6S2/c16-10-3-1-9(2-4-10)5-18-25-6-13(20)19-12(15(23)24)8-27-26-7-11(17)14(21)22/h1-5,11-12H,6-8,17H2,(H,19,20)(H,21,22)(H,23,24)/b18-5+/t11-,12-/m1/s1/i16-1. The molecular weight excluding hydrogens is 400 g/mol. The van der Waals surface area contributed by atoms with Crippen LogP contribution in [0.2, 0.25) is 0 Å². The van der Waals surface area contributed by atoms with Crippen LogP contribution in [0.4, 0.5) is 4.39 Å². The number of aliphatic carboxylic acids is 2. The molecule has 0 aliphatic rings. The van der Waals surface area contributed by atoms with Crippen molar-refractivity contribution >= 4 is 45.6 Å². The molecule has 0 radical (unpaired) electrons. The smallest absolute Gasteiger partial charge is 0.327 e. The Morgan fingerprint density at radius 3 is 2.41 bits per heavy atom. The zero-order valence-corrected chi connectivity index (χ0v) is 15.5. The summed E-state index contributed by atoms with van der Waals surface area (Å²) in [6.45, 7) is -0.497. The van der Waals surface area contributed by atoms with Gasteiger partial charge in [0.25, 0.3) is 5.91 Å². The number of benzene rings is 1. The number of rotatable bonds is 12. The van der Waals surface area contributed by atoms with Crippen molar-refractivity contribution in [1.82, 2.24) is 5.32 Å². The maximum atomic E-state index is 12.7. The molecule has 1 rings (SSSR count). The number of amides is 1. The maximum Gasteiger partial charge on any atom is 0.327 e. The second-order valence-corrected chi connectivity index (χ2v) is 7.58. The Morgan fingerprint density at radius 1 is 1.19 bits per heavy atom. The summed E-state index contributed by atoms with van der Waals surface area (Å²) in [5.41, 5.74) is 5.89. The van der Waals surface area contributed by atoms with Crippen LogP contribution in [0.1, 0.15) is 5.56 Å². The summed E-state index contributed by atoms with van der Waals surface area (Å²) in [5, 5.41) is 23.6. The van der Waals surface area contributed by atoms with Gasteiger partial charge < -0.3 is 26.1 Å². The number of halogens is 1. The van der Waals surface area contributed by atoms with Crippen molar-refractivity contribution in [3.63, 3.8) is 0 Å². The molecule has 5 N–H and O–H groups in total. The maximum absolute atomic E-state index is 12.7. The predicted octanol–water partition coefficient (Wildman–Crippen LogP) is 0.539. The van der Waals surface area contributed by atoms with Crippen LogP contribution in [-0.4, -0.2) is 64.5 Å². The molecule has 1 aromatic rings. The third kappa shape index (κ3) is 9.82. The Balaban J connectivity index is 2.32. The summed E-state index contributed by atoms with van der Waals surface area (Å²) in [7, 11) is 2.18. The van der Waals surface area contributed by atoms with Gasteiger partial charge in [0.1, 0.15) is 17.9 Å². The number of nitrogens with one attached hydrogen (secondary N) is 1. The molecule has 148 valence electrons. The molecule has 0 saturated heterocycles. The number of carboxylic acids is 2. The van der Waals surface area contributed by atoms with Crippen molar-refractivity contribution in [3.8, 4) is 0 Å². The summed E-state index contributed by atoms with van der Waals surface area (Å²) in [6, 6.07) is 3.19. The molecule has 0 unspecified atom stereocenters. The minimum atomic E-state index is -1.24. The van der Waals surface area contributed by atoms with Crippen LogP contribution in [0.3, 0.4) is 0 Å². The fraction of sp³-hybridized carbons (Fsp3) is 0.333. The van der Waals surface area contributed by atoms with Crippen LogP contribution >= 0.6 is 21.6 Å². The highest BCUT2D eigenvalue weighted by Gasteiger charge is 2.21. The van der Waals surface area contributed by atoms with Gasteiger partial charge in [0.05, 0.1) is 6.21 Å². The fourth-order valence-electron chi connectivity index (χ4n) is 1.46. The molecule has 0 saturated carbocycles. The van der Waals surface area contributed by atoms with Crippen LogP contribution in [0, 0.1) is 5.82 Å². The van der Waals surface area contributed by atoms with Gasteiger partial charge in [0, 0.05) is 11.5 Å². The van der Waals surface area contributed by atoms with E-state index in [1.165, 1.54) is 30.5 Å². The van der Waals surface area contributed by atoms with Gasteiger partial charge in [-0.2, -0.15) is 0 Å². The predicted molar refractivity (Wildman–Crippen MR) is 100 cm³/mol. The van der Waals surface area contributed by atoms with E-state index in [9.17, 15) is 18.8 Å². The lowest BCUT2D eigenvalue weighted by molar-refractivity contribution is -0.141. The fourth-order valence-corrected chi connectivity index (χ4v) is 3.73. The van der Waals surface area contributed by atoms with E-state index in [0.29, 0.717) is 5.56 Å². The molecular formula is C15H18FN3O6S2. The van der Waals surface area contributed by atoms with Crippen LogP contribution in [0.15, 0.2) is 29.4 Å². The van der Waals surface area contributed by atoms with E-state index in [0.717, 1.165) is 21.6 Å². The molecule has 0 fully saturated rings. The summed E-state index contributed by atoms with van der Waals surface area (Å²) < 4.78 is 12.7. The van der Waals surface area contributed by atoms with E-state index in [1.807, 2.05) is 0 Å². The largest absolute Gasteiger partial charge is 0.480 e. The van der Waals surface area contributed by atoms with Gasteiger partial charge in [0.15, 0.2) is 6.61 Å². The summed E-state index contributed by atoms with van der Waals surface area (Å²) in [4.78, 5) is 38.2. The topological polar surface area (TPSA) is 151 Å². The lowest BCUT2D eigenvalue weighted by Crippen LogP contribution is -2.43. The Labute approximate surface area is 161 Å². The van der Waals surface area contributed by atoms with Crippen molar-refractivity contribution in [2.75, 3.05) is 18.1 Å². The van der Waals surface area contributed by atoms with Gasteiger partial charge in [-0.15, -0.1) is 0 Å². The lowest BCUT2D eigenvalue weighted by atomic mass is 10.2. The van der Waals surface area contributed by atoms with E-state index in [4.69, 9.17) is 20.8 Å². The Bertz CT molecular complexity index is 674. The molecule has 1 amide bonds. The average Bonchev–Trinajstić information content (AvgIpc) is 2.62. The zero-order chi connectivity index (χ0) is 20.2. The van der Waals surface area contributed by atoms with Crippen molar-refractivity contribution < 1.29 is 33.8 Å². The van der Waals surface area contributed by atoms with Crippen molar-refractivity contribution in [1.29, 1.82) is 0 Å². The number of hydrogen-bond acceptors (Lipinski definition) is 8. The number of carboxylic acid groups (broad SMARTS) is 2. The average molecular weight is 418 g/mol. The number of nitrogens with zero attached hydrogens (tertiary/aromatic N) is 1. The lowest BCUT2D eigenvalue weighted by Gasteiger charge is -2.13. The van der Waals surface area contributed by atoms with E-state index in [2.05, 4.69) is 10.5 Å². The highest BCUT2D eigenvalue weighted by atomic mass is 33.1. The Morgan fingerprint density at radius 2 is 1.81 bits per heavy atom. The van der Waals surface area contributed by atoms with Crippen molar-refractivity contribution in [3.05, 3.63) is 35.6 Å². The highest BCUT2D eigenvalue weighted by Crippen LogP contribution is 2.22. The van der Waals surface area contributed by atoms with Gasteiger partial charge in [0.2, 0.25) is 0 Å². The third-order valence-electron chi connectivity index (χ3n) is 2.86. The number of nitrogens with two attached hydrogens (primary N) is 1. The molecule has 0 bridgehead atoms. The summed E-state index contributed by atoms with van der Waals surface area (Å²) >= 11 is 0. The number of carbonyl (C=O) groups is 3. The van der Waals surface area contributed by atoms with Crippen molar-refractivity contribution in [2.45, 2.75) is 12.1 Å². The zero-order valence-electron chi connectivity index (χ0n) is 13.9. The third-order valence-corrected chi connectivity index (χ3v) is 5.31. The Hall–Kier alpha value is -2.31. The minimum Gasteiger partial charge on any atom is -0.480 e. The second kappa shape index (κ2) is 12.1. The molecule has 2 atom stereocenters. The first-order valence-corrected chi connectivity index (χ1v) is 9.94. The molecule has 27 heavy (non-hydrogen) atoms. The van der Waals surface area contributed by atoms with Gasteiger partial charge in [-0.05, 0) is 17.7 Å². The molecule has 1 aromatic carbocycles. The first kappa shape index (κ1) is 22.7. The van der Waals surface area contributed by atoms with Gasteiger partial charge >= 0.3 is 11.9 Å². The molecule has 0 heterocycles. The van der Waals surface area contributed by atoms with E-state index in [1.54, 1.807) is 0 Å². The molecule has 0 spiro atoms. The van der Waals surface area contributed by atoms with Crippen LogP contribution in [-0.2, 0) is 19.2 Å². The molecule has 12 heteroatoms. The van der Waals surface area contributed by atoms with Crippen LogP contribution in [0.5, 0.6) is 0 Å². The monoisotopic (exact) mass is 418 g/mol. The van der Waals surface area contributed by atoms with Crippen molar-refractivity contribution in [2.24, 2.45) is 10.9 Å². The number of hydrogen-bond donors (Lipinski definition) is 4. The molecule has 0 aliphatic heterocycles. The second-order valence-electron chi connectivity index (χ2n) is 5.03. The SMILES string of the molecule is N[C@H](CSSC[C@@H](NC(=O)CO/N=C/c1ccc([18F])cc1)C(=O)O)C(=O)O. The normalized spacial score (nSPS) is 13.1. The summed E-state index contributed by atoms with van der Waals surface area (Å²) in [6.07, 6.45) is 1.28. The highest BCUT2D eigenvalue weighted by molar-refractivity contribution is 8.76.